The van der Waals surface area contributed by atoms with Crippen molar-refractivity contribution in [2.45, 2.75) is 30.0 Å². The van der Waals surface area contributed by atoms with E-state index < -0.39 is 23.1 Å². The van der Waals surface area contributed by atoms with Crippen LogP contribution >= 0.6 is 11.8 Å². The molecule has 1 aliphatic heterocycles. The highest BCUT2D eigenvalue weighted by Gasteiger charge is 2.45. The third-order valence-electron chi connectivity index (χ3n) is 4.15. The summed E-state index contributed by atoms with van der Waals surface area (Å²) in [6.07, 6.45) is 0. The SMILES string of the molecule is CC(C)c1ccccc1SC1C(=O)N(c2ccccc2F)C(=O)N1C. The van der Waals surface area contributed by atoms with E-state index in [4.69, 9.17) is 0 Å². The molecule has 1 unspecified atom stereocenters. The van der Waals surface area contributed by atoms with Crippen molar-refractivity contribution in [2.24, 2.45) is 0 Å². The summed E-state index contributed by atoms with van der Waals surface area (Å²) in [5, 5.41) is -0.716. The molecule has 130 valence electrons. The minimum atomic E-state index is -0.716. The maximum Gasteiger partial charge on any atom is 0.332 e. The van der Waals surface area contributed by atoms with Crippen molar-refractivity contribution >= 4 is 29.4 Å². The zero-order chi connectivity index (χ0) is 18.1. The molecule has 0 saturated carbocycles. The van der Waals surface area contributed by atoms with Crippen LogP contribution in [0.15, 0.2) is 53.4 Å². The van der Waals surface area contributed by atoms with Crippen molar-refractivity contribution in [2.75, 3.05) is 11.9 Å². The first-order chi connectivity index (χ1) is 11.9. The summed E-state index contributed by atoms with van der Waals surface area (Å²) in [4.78, 5) is 28.6. The molecule has 1 atom stereocenters. The summed E-state index contributed by atoms with van der Waals surface area (Å²) in [6.45, 7) is 4.16. The van der Waals surface area contributed by atoms with Gasteiger partial charge in [-0.05, 0) is 29.7 Å². The predicted octanol–water partition coefficient (Wildman–Crippen LogP) is 4.47. The molecule has 0 spiro atoms. The highest BCUT2D eigenvalue weighted by Crippen LogP contribution is 2.37. The fourth-order valence-electron chi connectivity index (χ4n) is 2.80. The van der Waals surface area contributed by atoms with Gasteiger partial charge in [-0.3, -0.25) is 4.79 Å². The summed E-state index contributed by atoms with van der Waals surface area (Å²) in [7, 11) is 1.57. The maximum atomic E-state index is 14.1. The maximum absolute atomic E-state index is 14.1. The number of nitrogens with zero attached hydrogens (tertiary/aromatic N) is 2. The molecule has 1 saturated heterocycles. The molecule has 0 radical (unpaired) electrons. The first kappa shape index (κ1) is 17.5. The molecule has 0 aromatic heterocycles. The van der Waals surface area contributed by atoms with Crippen LogP contribution in [-0.4, -0.2) is 29.3 Å². The lowest BCUT2D eigenvalue weighted by Crippen LogP contribution is -2.32. The Labute approximate surface area is 150 Å². The van der Waals surface area contributed by atoms with E-state index in [1.165, 1.54) is 34.9 Å². The molecule has 1 fully saturated rings. The van der Waals surface area contributed by atoms with Crippen molar-refractivity contribution in [3.8, 4) is 0 Å². The van der Waals surface area contributed by atoms with E-state index in [0.717, 1.165) is 15.4 Å². The predicted molar refractivity (Wildman–Crippen MR) is 97.2 cm³/mol. The summed E-state index contributed by atoms with van der Waals surface area (Å²) in [6, 6.07) is 13.1. The lowest BCUT2D eigenvalue weighted by Gasteiger charge is -2.18. The first-order valence-electron chi connectivity index (χ1n) is 8.02. The highest BCUT2D eigenvalue weighted by molar-refractivity contribution is 8.00. The molecule has 6 heteroatoms. The van der Waals surface area contributed by atoms with Gasteiger partial charge in [0.2, 0.25) is 0 Å². The minimum absolute atomic E-state index is 0.00963. The average molecular weight is 358 g/mol. The van der Waals surface area contributed by atoms with Gasteiger partial charge >= 0.3 is 6.03 Å². The number of carbonyl (C=O) groups is 2. The number of rotatable bonds is 4. The number of likely N-dealkylation sites (N-methyl/N-ethyl adjacent to an activating group) is 1. The van der Waals surface area contributed by atoms with Crippen molar-refractivity contribution in [3.05, 3.63) is 59.9 Å². The molecule has 3 amide bonds. The Morgan fingerprint density at radius 2 is 1.68 bits per heavy atom. The van der Waals surface area contributed by atoms with Gasteiger partial charge in [-0.2, -0.15) is 0 Å². The number of halogens is 1. The molecule has 0 bridgehead atoms. The monoisotopic (exact) mass is 358 g/mol. The van der Waals surface area contributed by atoms with Gasteiger partial charge in [0.15, 0.2) is 5.37 Å². The molecule has 1 heterocycles. The van der Waals surface area contributed by atoms with Crippen LogP contribution in [0.1, 0.15) is 25.3 Å². The lowest BCUT2D eigenvalue weighted by atomic mass is 10.0. The number of carbonyl (C=O) groups excluding carboxylic acids is 2. The van der Waals surface area contributed by atoms with Crippen molar-refractivity contribution in [1.29, 1.82) is 0 Å². The molecule has 0 N–H and O–H groups in total. The smallest absolute Gasteiger partial charge is 0.306 e. The molecule has 3 rings (SSSR count). The largest absolute Gasteiger partial charge is 0.332 e. The van der Waals surface area contributed by atoms with Gasteiger partial charge in [-0.1, -0.05) is 55.9 Å². The number of hydrogen-bond acceptors (Lipinski definition) is 3. The summed E-state index contributed by atoms with van der Waals surface area (Å²) in [5.41, 5.74) is 1.11. The van der Waals surface area contributed by atoms with Crippen LogP contribution in [0, 0.1) is 5.82 Å². The third kappa shape index (κ3) is 3.14. The molecule has 2 aromatic rings. The van der Waals surface area contributed by atoms with Crippen molar-refractivity contribution < 1.29 is 14.0 Å². The van der Waals surface area contributed by atoms with E-state index in [9.17, 15) is 14.0 Å². The molecule has 25 heavy (non-hydrogen) atoms. The Bertz CT molecular complexity index is 825. The van der Waals surface area contributed by atoms with Gasteiger partial charge in [0, 0.05) is 11.9 Å². The summed E-state index contributed by atoms with van der Waals surface area (Å²) < 4.78 is 14.1. The fourth-order valence-corrected chi connectivity index (χ4v) is 4.09. The Morgan fingerprint density at radius 1 is 1.04 bits per heavy atom. The molecule has 0 aliphatic carbocycles. The quantitative estimate of drug-likeness (QED) is 0.758. The van der Waals surface area contributed by atoms with Crippen LogP contribution in [0.5, 0.6) is 0 Å². The Kier molecular flexibility index (Phi) is 4.81. The topological polar surface area (TPSA) is 40.6 Å². The van der Waals surface area contributed by atoms with E-state index in [0.29, 0.717) is 5.92 Å². The highest BCUT2D eigenvalue weighted by atomic mass is 32.2. The minimum Gasteiger partial charge on any atom is -0.306 e. The van der Waals surface area contributed by atoms with E-state index in [-0.39, 0.29) is 5.69 Å². The van der Waals surface area contributed by atoms with Gasteiger partial charge in [0.25, 0.3) is 5.91 Å². The second-order valence-corrected chi connectivity index (χ2v) is 7.30. The van der Waals surface area contributed by atoms with Gasteiger partial charge in [0.1, 0.15) is 5.82 Å². The number of para-hydroxylation sites is 1. The van der Waals surface area contributed by atoms with Crippen LogP contribution in [0.3, 0.4) is 0 Å². The van der Waals surface area contributed by atoms with Crippen LogP contribution in [-0.2, 0) is 4.79 Å². The van der Waals surface area contributed by atoms with Crippen LogP contribution in [0.25, 0.3) is 0 Å². The second-order valence-electron chi connectivity index (χ2n) is 6.18. The van der Waals surface area contributed by atoms with Crippen LogP contribution in [0.2, 0.25) is 0 Å². The molecular formula is C19H19FN2O2S. The van der Waals surface area contributed by atoms with Crippen LogP contribution in [0.4, 0.5) is 14.9 Å². The molecular weight excluding hydrogens is 339 g/mol. The standard InChI is InChI=1S/C19H19FN2O2S/c1-12(2)13-8-4-7-11-16(13)25-18-17(23)22(19(24)21(18)3)15-10-6-5-9-14(15)20/h4-12,18H,1-3H3. The third-order valence-corrected chi connectivity index (χ3v) is 5.52. The normalized spacial score (nSPS) is 17.7. The zero-order valence-electron chi connectivity index (χ0n) is 14.3. The van der Waals surface area contributed by atoms with Gasteiger partial charge in [0.05, 0.1) is 5.69 Å². The van der Waals surface area contributed by atoms with E-state index in [1.807, 2.05) is 24.3 Å². The average Bonchev–Trinajstić information content (AvgIpc) is 2.80. The van der Waals surface area contributed by atoms with E-state index in [2.05, 4.69) is 13.8 Å². The first-order valence-corrected chi connectivity index (χ1v) is 8.90. The zero-order valence-corrected chi connectivity index (χ0v) is 15.1. The Balaban J connectivity index is 1.93. The number of anilines is 1. The number of thioether (sulfide) groups is 1. The second kappa shape index (κ2) is 6.88. The Morgan fingerprint density at radius 3 is 2.36 bits per heavy atom. The van der Waals surface area contributed by atoms with Gasteiger partial charge in [-0.15, -0.1) is 0 Å². The number of hydrogen-bond donors (Lipinski definition) is 0. The summed E-state index contributed by atoms with van der Waals surface area (Å²) >= 11 is 1.32. The molecule has 1 aliphatic rings. The summed E-state index contributed by atoms with van der Waals surface area (Å²) in [5.74, 6) is -0.726. The van der Waals surface area contributed by atoms with Crippen LogP contribution < -0.4 is 4.90 Å². The van der Waals surface area contributed by atoms with E-state index in [1.54, 1.807) is 13.1 Å². The number of urea groups is 1. The van der Waals surface area contributed by atoms with Gasteiger partial charge in [-0.25, -0.2) is 14.1 Å². The van der Waals surface area contributed by atoms with Gasteiger partial charge < -0.3 is 4.90 Å². The number of imide groups is 1. The molecule has 4 nitrogen and oxygen atoms in total. The lowest BCUT2D eigenvalue weighted by molar-refractivity contribution is -0.117. The van der Waals surface area contributed by atoms with E-state index >= 15 is 0 Å². The van der Waals surface area contributed by atoms with Crippen molar-refractivity contribution in [1.82, 2.24) is 4.90 Å². The number of benzene rings is 2. The Hall–Kier alpha value is -2.34. The number of amides is 3. The van der Waals surface area contributed by atoms with Crippen molar-refractivity contribution in [3.63, 3.8) is 0 Å². The molecule has 2 aromatic carbocycles. The fraction of sp³-hybridized carbons (Fsp3) is 0.263.